The Morgan fingerprint density at radius 2 is 1.83 bits per heavy atom. The summed E-state index contributed by atoms with van der Waals surface area (Å²) in [5.74, 6) is -0.452. The molecule has 1 amide bonds. The maximum absolute atomic E-state index is 12.2. The summed E-state index contributed by atoms with van der Waals surface area (Å²) in [6, 6.07) is 3.11. The van der Waals surface area contributed by atoms with Crippen LogP contribution in [0, 0.1) is 6.92 Å². The molecule has 1 aliphatic carbocycles. The lowest BCUT2D eigenvalue weighted by Gasteiger charge is -2.38. The van der Waals surface area contributed by atoms with Crippen LogP contribution in [0.4, 0.5) is 0 Å². The third kappa shape index (κ3) is 1.25. The highest BCUT2D eigenvalue weighted by atomic mass is 16.5. The number of fused-ring (bicyclic) bond motifs is 2. The van der Waals surface area contributed by atoms with E-state index in [1.54, 1.807) is 13.0 Å². The summed E-state index contributed by atoms with van der Waals surface area (Å²) in [5.41, 5.74) is 0.0312. The SMILES string of the molecule is Cc1ccc(=O)n2c1C(=O)N(O)C21CCCCC1. The van der Waals surface area contributed by atoms with Crippen molar-refractivity contribution in [2.24, 2.45) is 0 Å². The molecule has 1 aliphatic heterocycles. The van der Waals surface area contributed by atoms with Gasteiger partial charge in [0.25, 0.3) is 11.5 Å². The van der Waals surface area contributed by atoms with E-state index >= 15 is 0 Å². The standard InChI is InChI=1S/C13H16N2O3/c1-9-5-6-10(16)14-11(9)12(17)15(18)13(14)7-3-2-4-8-13/h5-6,18H,2-4,7-8H2,1H3. The Balaban J connectivity index is 2.30. The molecule has 3 rings (SSSR count). The highest BCUT2D eigenvalue weighted by molar-refractivity contribution is 5.95. The van der Waals surface area contributed by atoms with E-state index in [2.05, 4.69) is 0 Å². The fourth-order valence-corrected chi connectivity index (χ4v) is 3.25. The van der Waals surface area contributed by atoms with E-state index < -0.39 is 11.6 Å². The first-order chi connectivity index (χ1) is 8.58. The van der Waals surface area contributed by atoms with Gasteiger partial charge in [0.05, 0.1) is 0 Å². The van der Waals surface area contributed by atoms with Crippen molar-refractivity contribution in [2.75, 3.05) is 0 Å². The molecule has 0 aromatic carbocycles. The van der Waals surface area contributed by atoms with Crippen molar-refractivity contribution >= 4 is 5.91 Å². The van der Waals surface area contributed by atoms with Crippen molar-refractivity contribution < 1.29 is 10.0 Å². The summed E-state index contributed by atoms with van der Waals surface area (Å²) in [6.45, 7) is 1.79. The zero-order valence-corrected chi connectivity index (χ0v) is 10.3. The first-order valence-electron chi connectivity index (χ1n) is 6.34. The van der Waals surface area contributed by atoms with Gasteiger partial charge in [0.15, 0.2) is 0 Å². The molecule has 0 atom stereocenters. The second kappa shape index (κ2) is 3.68. The second-order valence-corrected chi connectivity index (χ2v) is 5.20. The molecule has 1 spiro atoms. The number of hydrogen-bond donors (Lipinski definition) is 1. The zero-order valence-electron chi connectivity index (χ0n) is 10.3. The van der Waals surface area contributed by atoms with Crippen LogP contribution in [-0.2, 0) is 5.66 Å². The van der Waals surface area contributed by atoms with E-state index in [0.29, 0.717) is 18.5 Å². The lowest BCUT2D eigenvalue weighted by atomic mass is 9.89. The number of aryl methyl sites for hydroxylation is 1. The Labute approximate surface area is 105 Å². The smallest absolute Gasteiger partial charge is 0.283 e. The summed E-state index contributed by atoms with van der Waals surface area (Å²) in [5, 5.41) is 11.0. The van der Waals surface area contributed by atoms with Gasteiger partial charge in [-0.2, -0.15) is 5.06 Å². The molecule has 18 heavy (non-hydrogen) atoms. The van der Waals surface area contributed by atoms with Crippen molar-refractivity contribution in [1.29, 1.82) is 0 Å². The van der Waals surface area contributed by atoms with Gasteiger partial charge in [0.2, 0.25) is 0 Å². The van der Waals surface area contributed by atoms with E-state index in [1.807, 2.05) is 0 Å². The first kappa shape index (κ1) is 11.5. The normalized spacial score (nSPS) is 21.4. The number of hydroxylamine groups is 2. The highest BCUT2D eigenvalue weighted by Gasteiger charge is 2.51. The Kier molecular flexibility index (Phi) is 2.35. The molecule has 2 aliphatic rings. The number of carbonyl (C=O) groups is 1. The topological polar surface area (TPSA) is 62.5 Å². The van der Waals surface area contributed by atoms with Crippen molar-refractivity contribution in [3.8, 4) is 0 Å². The van der Waals surface area contributed by atoms with Gasteiger partial charge in [-0.05, 0) is 38.2 Å². The number of aromatic nitrogens is 1. The molecule has 1 aromatic rings. The predicted molar refractivity (Wildman–Crippen MR) is 64.5 cm³/mol. The van der Waals surface area contributed by atoms with E-state index in [9.17, 15) is 14.8 Å². The van der Waals surface area contributed by atoms with E-state index in [1.165, 1.54) is 10.6 Å². The van der Waals surface area contributed by atoms with Crippen molar-refractivity contribution in [3.05, 3.63) is 33.7 Å². The van der Waals surface area contributed by atoms with Crippen LogP contribution in [0.25, 0.3) is 0 Å². The average molecular weight is 248 g/mol. The van der Waals surface area contributed by atoms with Gasteiger partial charge < -0.3 is 0 Å². The van der Waals surface area contributed by atoms with Crippen molar-refractivity contribution in [1.82, 2.24) is 9.63 Å². The fourth-order valence-electron chi connectivity index (χ4n) is 3.25. The van der Waals surface area contributed by atoms with Crippen LogP contribution in [0.3, 0.4) is 0 Å². The van der Waals surface area contributed by atoms with Crippen LogP contribution in [0.1, 0.15) is 48.2 Å². The van der Waals surface area contributed by atoms with Crippen LogP contribution < -0.4 is 5.56 Å². The zero-order chi connectivity index (χ0) is 12.9. The second-order valence-electron chi connectivity index (χ2n) is 5.20. The number of rotatable bonds is 0. The molecule has 0 bridgehead atoms. The quantitative estimate of drug-likeness (QED) is 0.710. The summed E-state index contributed by atoms with van der Waals surface area (Å²) in [4.78, 5) is 24.3. The van der Waals surface area contributed by atoms with Gasteiger partial charge in [-0.25, -0.2) is 0 Å². The molecule has 5 heteroatoms. The molecule has 0 saturated heterocycles. The van der Waals surface area contributed by atoms with Gasteiger partial charge in [-0.15, -0.1) is 0 Å². The molecule has 1 fully saturated rings. The fraction of sp³-hybridized carbons (Fsp3) is 0.538. The number of nitrogens with zero attached hydrogens (tertiary/aromatic N) is 2. The summed E-state index contributed by atoms with van der Waals surface area (Å²) in [7, 11) is 0. The summed E-state index contributed by atoms with van der Waals surface area (Å²) in [6.07, 6.45) is 4.21. The lowest BCUT2D eigenvalue weighted by Crippen LogP contribution is -2.49. The number of amides is 1. The average Bonchev–Trinajstić information content (AvgIpc) is 2.59. The number of pyridine rings is 1. The summed E-state index contributed by atoms with van der Waals surface area (Å²) < 4.78 is 1.50. The van der Waals surface area contributed by atoms with E-state index in [-0.39, 0.29) is 5.56 Å². The third-order valence-corrected chi connectivity index (χ3v) is 4.15. The van der Waals surface area contributed by atoms with Crippen molar-refractivity contribution in [3.63, 3.8) is 0 Å². The molecule has 0 unspecified atom stereocenters. The lowest BCUT2D eigenvalue weighted by molar-refractivity contribution is -0.167. The van der Waals surface area contributed by atoms with Gasteiger partial charge in [-0.3, -0.25) is 19.4 Å². The van der Waals surface area contributed by atoms with E-state index in [0.717, 1.165) is 29.9 Å². The Morgan fingerprint density at radius 1 is 1.17 bits per heavy atom. The Hall–Kier alpha value is -1.62. The van der Waals surface area contributed by atoms with Gasteiger partial charge in [0, 0.05) is 6.07 Å². The molecule has 2 heterocycles. The van der Waals surface area contributed by atoms with Crippen LogP contribution in [-0.4, -0.2) is 20.7 Å². The molecule has 1 aromatic heterocycles. The maximum Gasteiger partial charge on any atom is 0.296 e. The highest BCUT2D eigenvalue weighted by Crippen LogP contribution is 2.42. The molecular weight excluding hydrogens is 232 g/mol. The van der Waals surface area contributed by atoms with Crippen LogP contribution in [0.15, 0.2) is 16.9 Å². The summed E-state index contributed by atoms with van der Waals surface area (Å²) >= 11 is 0. The van der Waals surface area contributed by atoms with Crippen molar-refractivity contribution in [2.45, 2.75) is 44.7 Å². The largest absolute Gasteiger partial charge is 0.296 e. The van der Waals surface area contributed by atoms with Crippen LogP contribution in [0.5, 0.6) is 0 Å². The molecular formula is C13H16N2O3. The molecule has 0 radical (unpaired) electrons. The monoisotopic (exact) mass is 248 g/mol. The Morgan fingerprint density at radius 3 is 2.50 bits per heavy atom. The Bertz CT molecular complexity index is 570. The van der Waals surface area contributed by atoms with E-state index in [4.69, 9.17) is 0 Å². The minimum absolute atomic E-state index is 0.206. The van der Waals surface area contributed by atoms with Gasteiger partial charge in [0.1, 0.15) is 11.4 Å². The number of carbonyl (C=O) groups excluding carboxylic acids is 1. The van der Waals surface area contributed by atoms with Gasteiger partial charge in [-0.1, -0.05) is 12.5 Å². The molecule has 96 valence electrons. The van der Waals surface area contributed by atoms with Crippen LogP contribution >= 0.6 is 0 Å². The maximum atomic E-state index is 12.2. The predicted octanol–water partition coefficient (Wildman–Crippen LogP) is 1.62. The first-order valence-corrected chi connectivity index (χ1v) is 6.34. The van der Waals surface area contributed by atoms with Gasteiger partial charge >= 0.3 is 0 Å². The molecule has 1 saturated carbocycles. The minimum atomic E-state index is -0.840. The third-order valence-electron chi connectivity index (χ3n) is 4.15. The molecule has 1 N–H and O–H groups in total. The minimum Gasteiger partial charge on any atom is -0.283 e. The van der Waals surface area contributed by atoms with Crippen LogP contribution in [0.2, 0.25) is 0 Å². The number of hydrogen-bond acceptors (Lipinski definition) is 3. The molecule has 5 nitrogen and oxygen atoms in total.